The van der Waals surface area contributed by atoms with Crippen LogP contribution in [0.1, 0.15) is 49.8 Å². The number of nitrogens with zero attached hydrogens (tertiary/aromatic N) is 2. The molecule has 8 rings (SSSR count). The Labute approximate surface area is 203 Å². The lowest BCUT2D eigenvalue weighted by Crippen LogP contribution is -2.83. The van der Waals surface area contributed by atoms with E-state index in [-0.39, 0.29) is 17.7 Å². The number of piperazine rings is 1. The Bertz CT molecular complexity index is 1480. The first-order chi connectivity index (χ1) is 16.8. The van der Waals surface area contributed by atoms with Crippen molar-refractivity contribution in [2.45, 2.75) is 44.2 Å². The molecule has 2 aromatic carbocycles. The third-order valence-electron chi connectivity index (χ3n) is 8.87. The Morgan fingerprint density at radius 3 is 2.66 bits per heavy atom. The smallest absolute Gasteiger partial charge is 0.253 e. The zero-order valence-corrected chi connectivity index (χ0v) is 19.7. The van der Waals surface area contributed by atoms with Crippen molar-refractivity contribution in [2.75, 3.05) is 6.54 Å². The van der Waals surface area contributed by atoms with E-state index in [1.54, 1.807) is 0 Å². The molecular formula is C29H25N3O3. The maximum atomic E-state index is 13.9. The van der Waals surface area contributed by atoms with E-state index in [2.05, 4.69) is 17.2 Å². The first-order valence-corrected chi connectivity index (χ1v) is 12.2. The van der Waals surface area contributed by atoms with E-state index in [0.717, 1.165) is 33.4 Å². The SMILES string of the molecule is CC1(C)C2=[N+]([O-])c3cc(C#Cc4ccccc4)ccc3C2=C[C@@]23NC(=O)C4(CCCN4C2=O)CC13. The van der Waals surface area contributed by atoms with Crippen LogP contribution in [0.4, 0.5) is 5.69 Å². The molecule has 4 saturated heterocycles. The van der Waals surface area contributed by atoms with Crippen molar-refractivity contribution < 1.29 is 14.3 Å². The second kappa shape index (κ2) is 6.42. The van der Waals surface area contributed by atoms with Gasteiger partial charge in [0, 0.05) is 29.7 Å². The van der Waals surface area contributed by atoms with Gasteiger partial charge in [0.2, 0.25) is 17.3 Å². The Morgan fingerprint density at radius 2 is 1.86 bits per heavy atom. The summed E-state index contributed by atoms with van der Waals surface area (Å²) >= 11 is 0. The van der Waals surface area contributed by atoms with Gasteiger partial charge >= 0.3 is 0 Å². The maximum absolute atomic E-state index is 13.9. The second-order valence-corrected chi connectivity index (χ2v) is 10.9. The number of fused-ring (bicyclic) bond motifs is 4. The summed E-state index contributed by atoms with van der Waals surface area (Å²) in [6.07, 6.45) is 3.98. The van der Waals surface area contributed by atoms with Crippen LogP contribution in [-0.4, -0.2) is 44.8 Å². The summed E-state index contributed by atoms with van der Waals surface area (Å²) < 4.78 is 1.03. The van der Waals surface area contributed by atoms with Crippen LogP contribution in [0.3, 0.4) is 0 Å². The van der Waals surface area contributed by atoms with Gasteiger partial charge in [0.05, 0.1) is 16.6 Å². The average Bonchev–Trinajstić information content (AvgIpc) is 3.40. The molecule has 1 aliphatic carbocycles. The number of amides is 2. The lowest BCUT2D eigenvalue weighted by Gasteiger charge is -2.62. The Balaban J connectivity index is 1.39. The van der Waals surface area contributed by atoms with Gasteiger partial charge in [-0.1, -0.05) is 30.0 Å². The van der Waals surface area contributed by atoms with E-state index in [1.807, 2.05) is 73.4 Å². The number of hydrogen-bond acceptors (Lipinski definition) is 3. The molecular weight excluding hydrogens is 438 g/mol. The van der Waals surface area contributed by atoms with E-state index in [0.29, 0.717) is 30.8 Å². The molecule has 6 nitrogen and oxygen atoms in total. The molecule has 0 radical (unpaired) electrons. The monoisotopic (exact) mass is 463 g/mol. The van der Waals surface area contributed by atoms with Gasteiger partial charge in [-0.25, -0.2) is 0 Å². The van der Waals surface area contributed by atoms with Gasteiger partial charge in [0.1, 0.15) is 11.1 Å². The summed E-state index contributed by atoms with van der Waals surface area (Å²) in [4.78, 5) is 28.9. The summed E-state index contributed by atoms with van der Waals surface area (Å²) in [7, 11) is 0. The van der Waals surface area contributed by atoms with Crippen molar-refractivity contribution in [2.24, 2.45) is 11.3 Å². The van der Waals surface area contributed by atoms with Crippen LogP contribution in [0, 0.1) is 28.4 Å². The van der Waals surface area contributed by atoms with Crippen LogP contribution in [-0.2, 0) is 9.59 Å². The number of benzene rings is 2. The number of allylic oxidation sites excluding steroid dienone is 1. The summed E-state index contributed by atoms with van der Waals surface area (Å²) in [6.45, 7) is 4.71. The molecule has 0 aromatic heterocycles. The van der Waals surface area contributed by atoms with E-state index >= 15 is 0 Å². The molecule has 2 aromatic rings. The fourth-order valence-electron chi connectivity index (χ4n) is 7.23. The molecule has 35 heavy (non-hydrogen) atoms. The highest BCUT2D eigenvalue weighted by Crippen LogP contribution is 2.60. The highest BCUT2D eigenvalue weighted by atomic mass is 16.5. The molecule has 174 valence electrons. The molecule has 3 atom stereocenters. The third-order valence-corrected chi connectivity index (χ3v) is 8.87. The average molecular weight is 464 g/mol. The summed E-state index contributed by atoms with van der Waals surface area (Å²) in [5.74, 6) is 6.06. The van der Waals surface area contributed by atoms with Crippen molar-refractivity contribution in [3.8, 4) is 11.8 Å². The van der Waals surface area contributed by atoms with Crippen molar-refractivity contribution in [1.29, 1.82) is 0 Å². The van der Waals surface area contributed by atoms with Crippen LogP contribution in [0.15, 0.2) is 54.6 Å². The van der Waals surface area contributed by atoms with Gasteiger partial charge in [0.15, 0.2) is 0 Å². The summed E-state index contributed by atoms with van der Waals surface area (Å²) in [6, 6.07) is 15.4. The topological polar surface area (TPSA) is 75.5 Å². The molecule has 2 amide bonds. The highest BCUT2D eigenvalue weighted by Gasteiger charge is 2.73. The summed E-state index contributed by atoms with van der Waals surface area (Å²) in [5.41, 5.74) is 1.93. The van der Waals surface area contributed by atoms with Gasteiger partial charge in [-0.3, -0.25) is 9.59 Å². The molecule has 6 heteroatoms. The van der Waals surface area contributed by atoms with Crippen LogP contribution in [0.2, 0.25) is 0 Å². The Hall–Kier alpha value is -3.85. The Kier molecular flexibility index (Phi) is 3.77. The van der Waals surface area contributed by atoms with E-state index in [1.165, 1.54) is 0 Å². The molecule has 5 aliphatic heterocycles. The standard InChI is InChI=1S/C29H25N3O3/c1-27(2)23-17-28-13-6-14-31(28)26(34)29(23,30-25(28)33)16-21-20-12-11-19(15-22(20)32(35)24(21)27)10-9-18-7-4-3-5-8-18/h3-5,7-8,11-12,15-16,23H,6,13-14,17H2,1-2H3,(H,30,33)/t23?,28?,29-/m0/s1. The van der Waals surface area contributed by atoms with Crippen LogP contribution in [0.25, 0.3) is 5.57 Å². The normalized spacial score (nSPS) is 31.1. The van der Waals surface area contributed by atoms with Gasteiger partial charge in [-0.2, -0.15) is 4.74 Å². The molecule has 2 bridgehead atoms. The molecule has 2 spiro atoms. The fourth-order valence-corrected chi connectivity index (χ4v) is 7.23. The predicted molar refractivity (Wildman–Crippen MR) is 132 cm³/mol. The molecule has 2 unspecified atom stereocenters. The maximum Gasteiger partial charge on any atom is 0.253 e. The van der Waals surface area contributed by atoms with Crippen LogP contribution >= 0.6 is 0 Å². The van der Waals surface area contributed by atoms with E-state index in [9.17, 15) is 14.8 Å². The molecule has 6 aliphatic rings. The van der Waals surface area contributed by atoms with Gasteiger partial charge in [-0.05, 0) is 63.5 Å². The van der Waals surface area contributed by atoms with Crippen molar-refractivity contribution in [3.05, 3.63) is 76.5 Å². The summed E-state index contributed by atoms with van der Waals surface area (Å²) in [5, 5.41) is 16.9. The highest BCUT2D eigenvalue weighted by molar-refractivity contribution is 6.30. The largest absolute Gasteiger partial charge is 0.618 e. The first-order valence-electron chi connectivity index (χ1n) is 12.2. The minimum atomic E-state index is -1.11. The lowest BCUT2D eigenvalue weighted by molar-refractivity contribution is -0.362. The minimum Gasteiger partial charge on any atom is -0.618 e. The second-order valence-electron chi connectivity index (χ2n) is 10.9. The number of rotatable bonds is 0. The van der Waals surface area contributed by atoms with Crippen molar-refractivity contribution >= 4 is 28.8 Å². The van der Waals surface area contributed by atoms with Gasteiger partial charge < -0.3 is 15.4 Å². The number of carbonyl (C=O) groups excluding carboxylic acids is 2. The van der Waals surface area contributed by atoms with E-state index in [4.69, 9.17) is 0 Å². The zero-order valence-electron chi connectivity index (χ0n) is 19.7. The third kappa shape index (κ3) is 2.38. The van der Waals surface area contributed by atoms with E-state index < -0.39 is 16.5 Å². The number of piperidine rings is 2. The zero-order chi connectivity index (χ0) is 24.2. The number of hydrogen-bond donors (Lipinski definition) is 1. The van der Waals surface area contributed by atoms with Crippen molar-refractivity contribution in [3.63, 3.8) is 0 Å². The quantitative estimate of drug-likeness (QED) is 0.370. The molecule has 1 N–H and O–H groups in total. The first kappa shape index (κ1) is 20.5. The van der Waals surface area contributed by atoms with Crippen molar-refractivity contribution in [1.82, 2.24) is 10.2 Å². The van der Waals surface area contributed by atoms with Crippen LogP contribution in [0.5, 0.6) is 0 Å². The predicted octanol–water partition coefficient (Wildman–Crippen LogP) is 3.36. The number of nitrogens with one attached hydrogen (secondary N) is 1. The van der Waals surface area contributed by atoms with Crippen LogP contribution < -0.4 is 5.32 Å². The fraction of sp³-hybridized carbons (Fsp3) is 0.345. The molecule has 5 heterocycles. The minimum absolute atomic E-state index is 0.0262. The lowest BCUT2D eigenvalue weighted by atomic mass is 9.51. The molecule has 0 saturated carbocycles. The number of carbonyl (C=O) groups is 2. The molecule has 4 fully saturated rings. The Morgan fingerprint density at radius 1 is 1.09 bits per heavy atom. The van der Waals surface area contributed by atoms with Gasteiger partial charge in [0.25, 0.3) is 5.91 Å². The van der Waals surface area contributed by atoms with Gasteiger partial charge in [-0.15, -0.1) is 0 Å².